The monoisotopic (exact) mass is 292 g/mol. The van der Waals surface area contributed by atoms with Crippen molar-refractivity contribution in [1.82, 2.24) is 4.90 Å². The lowest BCUT2D eigenvalue weighted by molar-refractivity contribution is 0.0893. The molecule has 0 saturated carbocycles. The van der Waals surface area contributed by atoms with Gasteiger partial charge < -0.3 is 15.6 Å². The Morgan fingerprint density at radius 3 is 2.57 bits per heavy atom. The van der Waals surface area contributed by atoms with Crippen LogP contribution in [0.5, 0.6) is 5.75 Å². The molecule has 0 radical (unpaired) electrons. The van der Waals surface area contributed by atoms with Crippen molar-refractivity contribution >= 4 is 0 Å². The highest BCUT2D eigenvalue weighted by atomic mass is 16.5. The number of hydrogen-bond donors (Lipinski definition) is 2. The van der Waals surface area contributed by atoms with Crippen LogP contribution in [0.2, 0.25) is 0 Å². The van der Waals surface area contributed by atoms with E-state index in [2.05, 4.69) is 30.9 Å². The number of aliphatic hydroxyl groups is 1. The molecule has 1 heterocycles. The molecule has 21 heavy (non-hydrogen) atoms. The Hall–Kier alpha value is -1.10. The highest BCUT2D eigenvalue weighted by Gasteiger charge is 2.37. The first kappa shape index (κ1) is 16.3. The summed E-state index contributed by atoms with van der Waals surface area (Å²) in [5.74, 6) is 1.37. The van der Waals surface area contributed by atoms with Gasteiger partial charge in [0.05, 0.1) is 19.8 Å². The fourth-order valence-electron chi connectivity index (χ4n) is 3.38. The fraction of sp³-hybridized carbons (Fsp3) is 0.647. The van der Waals surface area contributed by atoms with E-state index in [1.54, 1.807) is 7.11 Å². The van der Waals surface area contributed by atoms with E-state index >= 15 is 0 Å². The Morgan fingerprint density at radius 1 is 1.38 bits per heavy atom. The number of likely N-dealkylation sites (tertiary alicyclic amines) is 1. The van der Waals surface area contributed by atoms with E-state index in [0.29, 0.717) is 5.92 Å². The van der Waals surface area contributed by atoms with E-state index in [4.69, 9.17) is 10.5 Å². The third-order valence-electron chi connectivity index (χ3n) is 4.80. The van der Waals surface area contributed by atoms with Crippen molar-refractivity contribution < 1.29 is 9.84 Å². The number of methoxy groups -OCH3 is 1. The zero-order valence-corrected chi connectivity index (χ0v) is 13.3. The first-order valence-corrected chi connectivity index (χ1v) is 7.88. The zero-order valence-electron chi connectivity index (χ0n) is 13.3. The predicted molar refractivity (Wildman–Crippen MR) is 85.4 cm³/mol. The summed E-state index contributed by atoms with van der Waals surface area (Å²) in [6, 6.07) is 8.58. The maximum atomic E-state index is 9.74. The van der Waals surface area contributed by atoms with E-state index in [1.807, 2.05) is 12.1 Å². The number of nitrogens with two attached hydrogens (primary N) is 1. The zero-order chi connectivity index (χ0) is 15.4. The Labute approximate surface area is 127 Å². The van der Waals surface area contributed by atoms with Crippen molar-refractivity contribution in [3.05, 3.63) is 29.8 Å². The number of aliphatic hydroxyl groups excluding tert-OH is 1. The van der Waals surface area contributed by atoms with Gasteiger partial charge in [-0.05, 0) is 43.0 Å². The SMILES string of the molecule is CCC(N)C(c1ccc(OC)cc1)N1CCC(C)C1CO. The first-order valence-electron chi connectivity index (χ1n) is 7.88. The van der Waals surface area contributed by atoms with Crippen molar-refractivity contribution in [2.75, 3.05) is 20.3 Å². The van der Waals surface area contributed by atoms with E-state index in [-0.39, 0.29) is 24.7 Å². The average Bonchev–Trinajstić information content (AvgIpc) is 2.88. The highest BCUT2D eigenvalue weighted by molar-refractivity contribution is 5.30. The molecule has 1 saturated heterocycles. The maximum absolute atomic E-state index is 9.74. The van der Waals surface area contributed by atoms with Crippen molar-refractivity contribution in [2.45, 2.75) is 44.8 Å². The van der Waals surface area contributed by atoms with Crippen LogP contribution in [0.4, 0.5) is 0 Å². The molecular weight excluding hydrogens is 264 g/mol. The van der Waals surface area contributed by atoms with Gasteiger partial charge in [-0.3, -0.25) is 4.90 Å². The molecule has 1 aromatic rings. The van der Waals surface area contributed by atoms with Crippen LogP contribution in [0.15, 0.2) is 24.3 Å². The van der Waals surface area contributed by atoms with Gasteiger partial charge in [0.1, 0.15) is 5.75 Å². The van der Waals surface area contributed by atoms with Crippen molar-refractivity contribution in [1.29, 1.82) is 0 Å². The van der Waals surface area contributed by atoms with Gasteiger partial charge >= 0.3 is 0 Å². The van der Waals surface area contributed by atoms with Gasteiger partial charge in [-0.2, -0.15) is 0 Å². The fourth-order valence-corrected chi connectivity index (χ4v) is 3.38. The van der Waals surface area contributed by atoms with Crippen LogP contribution in [0.25, 0.3) is 0 Å². The Kier molecular flexibility index (Phi) is 5.62. The number of nitrogens with zero attached hydrogens (tertiary/aromatic N) is 1. The summed E-state index contributed by atoms with van der Waals surface area (Å²) in [5, 5.41) is 9.74. The third kappa shape index (κ3) is 3.39. The number of benzene rings is 1. The quantitative estimate of drug-likeness (QED) is 0.844. The minimum atomic E-state index is 0.0674. The molecule has 4 atom stereocenters. The van der Waals surface area contributed by atoms with Gasteiger partial charge in [0.2, 0.25) is 0 Å². The smallest absolute Gasteiger partial charge is 0.118 e. The lowest BCUT2D eigenvalue weighted by Crippen LogP contribution is -2.45. The lowest BCUT2D eigenvalue weighted by Gasteiger charge is -2.37. The van der Waals surface area contributed by atoms with Gasteiger partial charge in [-0.1, -0.05) is 26.0 Å². The standard InChI is InChI=1S/C17H28N2O2/c1-4-15(18)17(13-5-7-14(21-3)8-6-13)19-10-9-12(2)16(19)11-20/h5-8,12,15-17,20H,4,9-11,18H2,1-3H3. The molecule has 4 heteroatoms. The molecule has 1 aromatic carbocycles. The second-order valence-corrected chi connectivity index (χ2v) is 6.04. The van der Waals surface area contributed by atoms with Crippen LogP contribution in [-0.4, -0.2) is 42.4 Å². The molecule has 2 rings (SSSR count). The van der Waals surface area contributed by atoms with Crippen LogP contribution in [0, 0.1) is 5.92 Å². The van der Waals surface area contributed by atoms with Crippen LogP contribution < -0.4 is 10.5 Å². The first-order chi connectivity index (χ1) is 10.1. The minimum absolute atomic E-state index is 0.0674. The second-order valence-electron chi connectivity index (χ2n) is 6.04. The molecule has 118 valence electrons. The Balaban J connectivity index is 2.29. The molecule has 1 aliphatic rings. The lowest BCUT2D eigenvalue weighted by atomic mass is 9.94. The number of rotatable bonds is 6. The summed E-state index contributed by atoms with van der Waals surface area (Å²) in [5.41, 5.74) is 7.61. The van der Waals surface area contributed by atoms with Crippen molar-refractivity contribution in [2.24, 2.45) is 11.7 Å². The third-order valence-corrected chi connectivity index (χ3v) is 4.80. The second kappa shape index (κ2) is 7.25. The van der Waals surface area contributed by atoms with Crippen molar-refractivity contribution in [3.63, 3.8) is 0 Å². The van der Waals surface area contributed by atoms with Gasteiger partial charge in [-0.15, -0.1) is 0 Å². The van der Waals surface area contributed by atoms with Crippen LogP contribution >= 0.6 is 0 Å². The molecule has 4 nitrogen and oxygen atoms in total. The van der Waals surface area contributed by atoms with E-state index in [1.165, 1.54) is 5.56 Å². The van der Waals surface area contributed by atoms with E-state index in [0.717, 1.165) is 25.1 Å². The molecule has 0 spiro atoms. The summed E-state index contributed by atoms with van der Waals surface area (Å²) in [4.78, 5) is 2.39. The Morgan fingerprint density at radius 2 is 2.05 bits per heavy atom. The normalized spacial score (nSPS) is 25.8. The topological polar surface area (TPSA) is 58.7 Å². The van der Waals surface area contributed by atoms with Crippen LogP contribution in [-0.2, 0) is 0 Å². The molecule has 0 aliphatic carbocycles. The summed E-state index contributed by atoms with van der Waals surface area (Å²) >= 11 is 0. The molecular formula is C17H28N2O2. The summed E-state index contributed by atoms with van der Waals surface area (Å²) in [6.45, 7) is 5.53. The molecule has 1 aliphatic heterocycles. The average molecular weight is 292 g/mol. The highest BCUT2D eigenvalue weighted by Crippen LogP contribution is 2.35. The molecule has 3 N–H and O–H groups in total. The molecule has 0 bridgehead atoms. The predicted octanol–water partition coefficient (Wildman–Crippen LogP) is 2.18. The van der Waals surface area contributed by atoms with E-state index < -0.39 is 0 Å². The summed E-state index contributed by atoms with van der Waals surface area (Å²) in [7, 11) is 1.67. The maximum Gasteiger partial charge on any atom is 0.118 e. The van der Waals surface area contributed by atoms with Crippen LogP contribution in [0.3, 0.4) is 0 Å². The number of hydrogen-bond acceptors (Lipinski definition) is 4. The van der Waals surface area contributed by atoms with Gasteiger partial charge in [0.25, 0.3) is 0 Å². The minimum Gasteiger partial charge on any atom is -0.497 e. The van der Waals surface area contributed by atoms with Gasteiger partial charge in [-0.25, -0.2) is 0 Å². The number of ether oxygens (including phenoxy) is 1. The molecule has 4 unspecified atom stereocenters. The van der Waals surface area contributed by atoms with E-state index in [9.17, 15) is 5.11 Å². The largest absolute Gasteiger partial charge is 0.497 e. The molecule has 0 aromatic heterocycles. The summed E-state index contributed by atoms with van der Waals surface area (Å²) in [6.07, 6.45) is 2.04. The van der Waals surface area contributed by atoms with Gasteiger partial charge in [0.15, 0.2) is 0 Å². The molecule has 0 amide bonds. The van der Waals surface area contributed by atoms with Crippen LogP contribution in [0.1, 0.15) is 38.3 Å². The van der Waals surface area contributed by atoms with Gasteiger partial charge in [0, 0.05) is 12.1 Å². The Bertz CT molecular complexity index is 435. The molecule has 1 fully saturated rings. The summed E-state index contributed by atoms with van der Waals surface area (Å²) < 4.78 is 5.24. The van der Waals surface area contributed by atoms with Crippen molar-refractivity contribution in [3.8, 4) is 5.75 Å².